The van der Waals surface area contributed by atoms with Gasteiger partial charge in [0.25, 0.3) is 10.0 Å². The molecule has 0 saturated heterocycles. The molecule has 1 N–H and O–H groups in total. The van der Waals surface area contributed by atoms with Crippen molar-refractivity contribution in [1.29, 1.82) is 0 Å². The zero-order valence-electron chi connectivity index (χ0n) is 9.45. The quantitative estimate of drug-likeness (QED) is 0.671. The maximum absolute atomic E-state index is 12.0. The van der Waals surface area contributed by atoms with Crippen LogP contribution in [0.2, 0.25) is 0 Å². The molecule has 18 heavy (non-hydrogen) atoms. The second kappa shape index (κ2) is 4.97. The van der Waals surface area contributed by atoms with Gasteiger partial charge >= 0.3 is 0 Å². The molecule has 6 heteroatoms. The topological polar surface area (TPSA) is 71.4 Å². The van der Waals surface area contributed by atoms with Crippen LogP contribution >= 0.6 is 0 Å². The first kappa shape index (κ1) is 12.3. The summed E-state index contributed by atoms with van der Waals surface area (Å²) in [7, 11) is -3.70. The summed E-state index contributed by atoms with van der Waals surface area (Å²) >= 11 is 0. The fourth-order valence-corrected chi connectivity index (χ4v) is 2.60. The third-order valence-electron chi connectivity index (χ3n) is 2.33. The number of sulfonamides is 1. The van der Waals surface area contributed by atoms with E-state index in [-0.39, 0.29) is 4.90 Å². The lowest BCUT2D eigenvalue weighted by atomic mass is 10.1. The Hall–Kier alpha value is -2.21. The minimum Gasteiger partial charge on any atom is -0.264 e. The highest BCUT2D eigenvalue weighted by atomic mass is 32.2. The summed E-state index contributed by atoms with van der Waals surface area (Å²) in [4.78, 5) is 6.14. The molecule has 5 nitrogen and oxygen atoms in total. The number of pyridine rings is 1. The zero-order valence-corrected chi connectivity index (χ0v) is 10.3. The van der Waals surface area contributed by atoms with Gasteiger partial charge in [-0.2, -0.15) is 13.5 Å². The summed E-state index contributed by atoms with van der Waals surface area (Å²) in [5.74, 6) is 0. The SMILES string of the molecule is C=NNS(=O)(=O)c1ccccc1-c1cccnc1. The number of hydrogen-bond donors (Lipinski definition) is 1. The molecule has 0 amide bonds. The van der Waals surface area contributed by atoms with Crippen LogP contribution in [-0.4, -0.2) is 20.1 Å². The van der Waals surface area contributed by atoms with Gasteiger partial charge in [-0.25, -0.2) is 4.83 Å². The van der Waals surface area contributed by atoms with Crippen LogP contribution in [0.25, 0.3) is 11.1 Å². The van der Waals surface area contributed by atoms with Crippen LogP contribution in [-0.2, 0) is 10.0 Å². The molecule has 92 valence electrons. The van der Waals surface area contributed by atoms with E-state index in [1.807, 2.05) is 4.83 Å². The lowest BCUT2D eigenvalue weighted by Gasteiger charge is -2.09. The first-order chi connectivity index (χ1) is 8.65. The van der Waals surface area contributed by atoms with Crippen molar-refractivity contribution < 1.29 is 8.42 Å². The van der Waals surface area contributed by atoms with Gasteiger partial charge in [0.2, 0.25) is 0 Å². The van der Waals surface area contributed by atoms with Crippen molar-refractivity contribution in [2.24, 2.45) is 5.10 Å². The molecule has 1 aromatic heterocycles. The first-order valence-corrected chi connectivity index (χ1v) is 6.60. The predicted molar refractivity (Wildman–Crippen MR) is 69.5 cm³/mol. The molecule has 0 saturated carbocycles. The third kappa shape index (κ3) is 2.38. The summed E-state index contributed by atoms with van der Waals surface area (Å²) in [5, 5.41) is 3.21. The van der Waals surface area contributed by atoms with E-state index < -0.39 is 10.0 Å². The maximum Gasteiger partial charge on any atom is 0.277 e. The van der Waals surface area contributed by atoms with Crippen molar-refractivity contribution >= 4 is 16.7 Å². The standard InChI is InChI=1S/C12H11N3O2S/c1-13-15-18(16,17)12-7-3-2-6-11(12)10-5-4-8-14-9-10/h2-9,15H,1H2. The molecule has 2 aromatic rings. The van der Waals surface area contributed by atoms with Crippen molar-refractivity contribution in [2.75, 3.05) is 0 Å². The second-order valence-electron chi connectivity index (χ2n) is 3.49. The lowest BCUT2D eigenvalue weighted by molar-refractivity contribution is 0.585. The highest BCUT2D eigenvalue weighted by Gasteiger charge is 2.17. The van der Waals surface area contributed by atoms with Gasteiger partial charge in [-0.3, -0.25) is 4.98 Å². The van der Waals surface area contributed by atoms with E-state index in [2.05, 4.69) is 16.8 Å². The van der Waals surface area contributed by atoms with E-state index in [1.54, 1.807) is 42.7 Å². The van der Waals surface area contributed by atoms with Crippen LogP contribution in [0.1, 0.15) is 0 Å². The van der Waals surface area contributed by atoms with Crippen LogP contribution in [0.4, 0.5) is 0 Å². The minimum atomic E-state index is -3.70. The second-order valence-corrected chi connectivity index (χ2v) is 5.12. The zero-order chi connectivity index (χ0) is 13.0. The number of hydrogen-bond acceptors (Lipinski definition) is 4. The number of hydrazone groups is 1. The molecule has 0 atom stereocenters. The average Bonchev–Trinajstić information content (AvgIpc) is 2.40. The molecular weight excluding hydrogens is 250 g/mol. The molecule has 0 aliphatic carbocycles. The van der Waals surface area contributed by atoms with Crippen molar-refractivity contribution in [3.63, 3.8) is 0 Å². The molecule has 0 aliphatic rings. The minimum absolute atomic E-state index is 0.144. The van der Waals surface area contributed by atoms with Crippen molar-refractivity contribution in [3.05, 3.63) is 48.8 Å². The van der Waals surface area contributed by atoms with Crippen LogP contribution in [0, 0.1) is 0 Å². The Morgan fingerprint density at radius 3 is 2.61 bits per heavy atom. The van der Waals surface area contributed by atoms with Crippen LogP contribution in [0.5, 0.6) is 0 Å². The monoisotopic (exact) mass is 261 g/mol. The Kier molecular flexibility index (Phi) is 3.38. The van der Waals surface area contributed by atoms with Gasteiger partial charge in [-0.1, -0.05) is 24.3 Å². The summed E-state index contributed by atoms with van der Waals surface area (Å²) in [6, 6.07) is 10.2. The van der Waals surface area contributed by atoms with E-state index in [0.717, 1.165) is 5.56 Å². The predicted octanol–water partition coefficient (Wildman–Crippen LogP) is 1.64. The third-order valence-corrected chi connectivity index (χ3v) is 3.64. The van der Waals surface area contributed by atoms with E-state index >= 15 is 0 Å². The van der Waals surface area contributed by atoms with Crippen LogP contribution < -0.4 is 4.83 Å². The molecule has 0 unspecified atom stereocenters. The largest absolute Gasteiger partial charge is 0.277 e. The molecule has 0 spiro atoms. The smallest absolute Gasteiger partial charge is 0.264 e. The number of nitrogens with one attached hydrogen (secondary N) is 1. The highest BCUT2D eigenvalue weighted by molar-refractivity contribution is 7.89. The highest BCUT2D eigenvalue weighted by Crippen LogP contribution is 2.26. The number of nitrogens with zero attached hydrogens (tertiary/aromatic N) is 2. The summed E-state index contributed by atoms with van der Waals surface area (Å²) < 4.78 is 23.9. The molecule has 0 aliphatic heterocycles. The number of rotatable bonds is 4. The average molecular weight is 261 g/mol. The Morgan fingerprint density at radius 1 is 1.17 bits per heavy atom. The number of benzene rings is 1. The number of aromatic nitrogens is 1. The van der Waals surface area contributed by atoms with Gasteiger partial charge in [0.15, 0.2) is 0 Å². The van der Waals surface area contributed by atoms with E-state index in [9.17, 15) is 8.42 Å². The van der Waals surface area contributed by atoms with E-state index in [4.69, 9.17) is 0 Å². The Balaban J connectivity index is 2.61. The molecule has 0 bridgehead atoms. The Labute approximate surface area is 105 Å². The molecular formula is C12H11N3O2S. The van der Waals surface area contributed by atoms with E-state index in [1.165, 1.54) is 6.07 Å². The molecule has 2 rings (SSSR count). The van der Waals surface area contributed by atoms with Gasteiger partial charge in [0.1, 0.15) is 0 Å². The normalized spacial score (nSPS) is 10.9. The van der Waals surface area contributed by atoms with Crippen LogP contribution in [0.15, 0.2) is 58.8 Å². The fraction of sp³-hybridized carbons (Fsp3) is 0. The summed E-state index contributed by atoms with van der Waals surface area (Å²) in [6.45, 7) is 3.12. The summed E-state index contributed by atoms with van der Waals surface area (Å²) in [5.41, 5.74) is 1.30. The molecule has 0 radical (unpaired) electrons. The maximum atomic E-state index is 12.0. The Morgan fingerprint density at radius 2 is 1.94 bits per heavy atom. The first-order valence-electron chi connectivity index (χ1n) is 5.12. The summed E-state index contributed by atoms with van der Waals surface area (Å²) in [6.07, 6.45) is 3.24. The van der Waals surface area contributed by atoms with E-state index in [0.29, 0.717) is 5.56 Å². The molecule has 1 heterocycles. The van der Waals surface area contributed by atoms with Gasteiger partial charge in [-0.15, -0.1) is 0 Å². The van der Waals surface area contributed by atoms with Crippen molar-refractivity contribution in [3.8, 4) is 11.1 Å². The molecule has 1 aromatic carbocycles. The van der Waals surface area contributed by atoms with Crippen molar-refractivity contribution in [2.45, 2.75) is 4.90 Å². The van der Waals surface area contributed by atoms with Gasteiger partial charge < -0.3 is 0 Å². The van der Waals surface area contributed by atoms with Crippen molar-refractivity contribution in [1.82, 2.24) is 9.82 Å². The van der Waals surface area contributed by atoms with Gasteiger partial charge in [0.05, 0.1) is 4.90 Å². The van der Waals surface area contributed by atoms with Crippen LogP contribution in [0.3, 0.4) is 0 Å². The molecule has 0 fully saturated rings. The Bertz CT molecular complexity index is 654. The lowest BCUT2D eigenvalue weighted by Crippen LogP contribution is -2.18. The fourth-order valence-electron chi connectivity index (χ4n) is 1.60. The van der Waals surface area contributed by atoms with Gasteiger partial charge in [-0.05, 0) is 12.1 Å². The van der Waals surface area contributed by atoms with Gasteiger partial charge in [0, 0.05) is 30.2 Å².